The lowest BCUT2D eigenvalue weighted by molar-refractivity contribution is -0.384. The van der Waals surface area contributed by atoms with E-state index >= 15 is 0 Å². The van der Waals surface area contributed by atoms with Crippen LogP contribution in [0.4, 0.5) is 22.7 Å². The first-order valence-corrected chi connectivity index (χ1v) is 19.6. The van der Waals surface area contributed by atoms with E-state index < -0.39 is 30.8 Å². The van der Waals surface area contributed by atoms with Crippen molar-refractivity contribution < 1.29 is 13.3 Å². The van der Waals surface area contributed by atoms with Crippen molar-refractivity contribution in [2.45, 2.75) is 55.1 Å². The van der Waals surface area contributed by atoms with Crippen LogP contribution in [-0.4, -0.2) is 13.3 Å². The second-order valence-corrected chi connectivity index (χ2v) is 16.5. The number of nitro benzene ring substituents is 1. The maximum absolute atomic E-state index is 14.1. The lowest BCUT2D eigenvalue weighted by Gasteiger charge is -2.26. The SMILES string of the molecule is CC(C)(C#CC(C)(C)c1ccc([N+](=O)[O-])cc1)c1ccc(C#CCC(c2ccc(N(c3ccccc3)c3ccccc3)cc2)S(=O)(=O)c2ccccc2)cc1. The molecule has 6 aromatic rings. The predicted octanol–water partition coefficient (Wildman–Crippen LogP) is 11.3. The minimum atomic E-state index is -3.78. The molecule has 6 aromatic carbocycles. The van der Waals surface area contributed by atoms with Crippen molar-refractivity contribution in [2.75, 3.05) is 4.90 Å². The van der Waals surface area contributed by atoms with Gasteiger partial charge in [-0.3, -0.25) is 10.1 Å². The zero-order valence-corrected chi connectivity index (χ0v) is 32.1. The Morgan fingerprint density at radius 2 is 1.04 bits per heavy atom. The van der Waals surface area contributed by atoms with Crippen LogP contribution in [0.25, 0.3) is 0 Å². The summed E-state index contributed by atoms with van der Waals surface area (Å²) in [5.74, 6) is 13.2. The fourth-order valence-electron chi connectivity index (χ4n) is 6.29. The molecule has 0 fully saturated rings. The molecule has 1 atom stereocenters. The molecule has 0 bridgehead atoms. The van der Waals surface area contributed by atoms with Gasteiger partial charge in [-0.05, 0) is 105 Å². The standard InChI is InChI=1S/C48H42N2O4S/c1-47(2,35-36-48(3,4)40-29-33-44(34-30-40)50(51)52)39-27-23-37(24-28-39)15-14-22-46(55(53,54)45-20-12-7-13-21-45)38-25-31-43(32-26-38)49(41-16-8-5-9-17-41)42-18-10-6-11-19-42/h5-13,16-21,23-34,46H,22H2,1-4H3. The number of hydrogen-bond donors (Lipinski definition) is 0. The van der Waals surface area contributed by atoms with E-state index in [2.05, 4.69) is 42.4 Å². The Bertz CT molecular complexity index is 2440. The van der Waals surface area contributed by atoms with Gasteiger partial charge in [0.15, 0.2) is 9.84 Å². The van der Waals surface area contributed by atoms with Crippen molar-refractivity contribution in [3.05, 3.63) is 196 Å². The first kappa shape index (κ1) is 38.3. The van der Waals surface area contributed by atoms with Crippen LogP contribution in [0.15, 0.2) is 169 Å². The Hall–Kier alpha value is -6.41. The second-order valence-electron chi connectivity index (χ2n) is 14.3. The smallest absolute Gasteiger partial charge is 0.269 e. The highest BCUT2D eigenvalue weighted by molar-refractivity contribution is 7.91. The summed E-state index contributed by atoms with van der Waals surface area (Å²) in [6.07, 6.45) is 0.105. The van der Waals surface area contributed by atoms with Gasteiger partial charge in [0, 0.05) is 41.2 Å². The molecule has 0 aliphatic carbocycles. The number of anilines is 3. The van der Waals surface area contributed by atoms with Gasteiger partial charge in [0.1, 0.15) is 5.25 Å². The third-order valence-corrected chi connectivity index (χ3v) is 11.7. The summed E-state index contributed by atoms with van der Waals surface area (Å²) in [6, 6.07) is 50.8. The van der Waals surface area contributed by atoms with E-state index in [4.69, 9.17) is 0 Å². The molecule has 0 saturated carbocycles. The first-order valence-electron chi connectivity index (χ1n) is 18.0. The van der Waals surface area contributed by atoms with Crippen LogP contribution >= 0.6 is 0 Å². The van der Waals surface area contributed by atoms with Crippen LogP contribution in [-0.2, 0) is 20.7 Å². The van der Waals surface area contributed by atoms with Crippen molar-refractivity contribution >= 4 is 32.6 Å². The predicted molar refractivity (Wildman–Crippen MR) is 222 cm³/mol. The van der Waals surface area contributed by atoms with Crippen LogP contribution in [0.3, 0.4) is 0 Å². The summed E-state index contributed by atoms with van der Waals surface area (Å²) >= 11 is 0. The molecule has 7 heteroatoms. The molecule has 55 heavy (non-hydrogen) atoms. The molecule has 6 nitrogen and oxygen atoms in total. The fourth-order valence-corrected chi connectivity index (χ4v) is 7.98. The van der Waals surface area contributed by atoms with Gasteiger partial charge in [-0.25, -0.2) is 8.42 Å². The molecule has 1 unspecified atom stereocenters. The Morgan fingerprint density at radius 1 is 0.600 bits per heavy atom. The maximum Gasteiger partial charge on any atom is 0.269 e. The van der Waals surface area contributed by atoms with Crippen molar-refractivity contribution in [3.8, 4) is 23.7 Å². The molecule has 0 amide bonds. The summed E-state index contributed by atoms with van der Waals surface area (Å²) in [7, 11) is -3.78. The minimum Gasteiger partial charge on any atom is -0.311 e. The largest absolute Gasteiger partial charge is 0.311 e. The fraction of sp³-hybridized carbons (Fsp3) is 0.167. The molecule has 0 saturated heterocycles. The zero-order valence-electron chi connectivity index (χ0n) is 31.3. The van der Waals surface area contributed by atoms with E-state index in [9.17, 15) is 18.5 Å². The molecule has 6 rings (SSSR count). The highest BCUT2D eigenvalue weighted by Gasteiger charge is 2.29. The highest BCUT2D eigenvalue weighted by atomic mass is 32.2. The number of benzene rings is 6. The summed E-state index contributed by atoms with van der Waals surface area (Å²) in [5, 5.41) is 10.2. The zero-order chi connectivity index (χ0) is 39.1. The summed E-state index contributed by atoms with van der Waals surface area (Å²) in [6.45, 7) is 8.10. The van der Waals surface area contributed by atoms with Crippen LogP contribution in [0.1, 0.15) is 61.6 Å². The molecule has 0 N–H and O–H groups in total. The molecular weight excluding hydrogens is 701 g/mol. The number of non-ortho nitro benzene ring substituents is 1. The third-order valence-electron chi connectivity index (χ3n) is 9.61. The average molecular weight is 743 g/mol. The van der Waals surface area contributed by atoms with Crippen LogP contribution in [0.2, 0.25) is 0 Å². The summed E-state index contributed by atoms with van der Waals surface area (Å²) in [5.41, 5.74) is 5.29. The summed E-state index contributed by atoms with van der Waals surface area (Å²) in [4.78, 5) is 13.1. The molecule has 0 spiro atoms. The molecule has 0 heterocycles. The van der Waals surface area contributed by atoms with Gasteiger partial charge in [0.2, 0.25) is 0 Å². The second kappa shape index (κ2) is 16.3. The van der Waals surface area contributed by atoms with E-state index in [0.29, 0.717) is 5.56 Å². The maximum atomic E-state index is 14.1. The number of nitrogens with zero attached hydrogens (tertiary/aromatic N) is 2. The van der Waals surface area contributed by atoms with Crippen LogP contribution in [0, 0.1) is 33.8 Å². The van der Waals surface area contributed by atoms with E-state index in [1.807, 2.05) is 123 Å². The van der Waals surface area contributed by atoms with Crippen molar-refractivity contribution in [1.82, 2.24) is 0 Å². The van der Waals surface area contributed by atoms with Gasteiger partial charge < -0.3 is 4.90 Å². The van der Waals surface area contributed by atoms with Gasteiger partial charge in [-0.2, -0.15) is 0 Å². The van der Waals surface area contributed by atoms with Crippen LogP contribution < -0.4 is 4.90 Å². The van der Waals surface area contributed by atoms with E-state index in [-0.39, 0.29) is 17.0 Å². The lowest BCUT2D eigenvalue weighted by atomic mass is 9.80. The number of rotatable bonds is 10. The first-order chi connectivity index (χ1) is 26.3. The Balaban J connectivity index is 1.24. The van der Waals surface area contributed by atoms with E-state index in [1.54, 1.807) is 42.5 Å². The van der Waals surface area contributed by atoms with E-state index in [0.717, 1.165) is 33.8 Å². The topological polar surface area (TPSA) is 80.5 Å². The molecular formula is C48H42N2O4S. The Kier molecular flexibility index (Phi) is 11.4. The molecule has 0 aromatic heterocycles. The number of sulfone groups is 1. The number of para-hydroxylation sites is 2. The van der Waals surface area contributed by atoms with E-state index in [1.165, 1.54) is 12.1 Å². The van der Waals surface area contributed by atoms with Crippen molar-refractivity contribution in [3.63, 3.8) is 0 Å². The molecule has 0 aliphatic heterocycles. The highest BCUT2D eigenvalue weighted by Crippen LogP contribution is 2.37. The van der Waals surface area contributed by atoms with Gasteiger partial charge in [-0.1, -0.05) is 115 Å². The molecule has 0 aliphatic rings. The number of nitro groups is 1. The van der Waals surface area contributed by atoms with Crippen molar-refractivity contribution in [1.29, 1.82) is 0 Å². The average Bonchev–Trinajstić information content (AvgIpc) is 3.21. The van der Waals surface area contributed by atoms with Gasteiger partial charge in [-0.15, -0.1) is 0 Å². The normalized spacial score (nSPS) is 12.0. The molecule has 274 valence electrons. The molecule has 0 radical (unpaired) electrons. The van der Waals surface area contributed by atoms with Crippen LogP contribution in [0.5, 0.6) is 0 Å². The third kappa shape index (κ3) is 9.04. The monoisotopic (exact) mass is 742 g/mol. The quantitative estimate of drug-likeness (QED) is 0.0793. The Morgan fingerprint density at radius 3 is 1.51 bits per heavy atom. The van der Waals surface area contributed by atoms with Gasteiger partial charge in [0.05, 0.1) is 20.6 Å². The van der Waals surface area contributed by atoms with Gasteiger partial charge in [0.25, 0.3) is 5.69 Å². The lowest BCUT2D eigenvalue weighted by Crippen LogP contribution is -2.19. The summed E-state index contributed by atoms with van der Waals surface area (Å²) < 4.78 is 28.3. The minimum absolute atomic E-state index is 0.0492. The number of hydrogen-bond acceptors (Lipinski definition) is 5. The van der Waals surface area contributed by atoms with Gasteiger partial charge >= 0.3 is 0 Å². The Labute approximate surface area is 324 Å². The van der Waals surface area contributed by atoms with Crippen molar-refractivity contribution in [2.24, 2.45) is 0 Å².